The van der Waals surface area contributed by atoms with Crippen LogP contribution < -0.4 is 4.72 Å². The number of carbonyl (C=O) groups is 2. The summed E-state index contributed by atoms with van der Waals surface area (Å²) in [6, 6.07) is 5.94. The van der Waals surface area contributed by atoms with Crippen LogP contribution in [0.1, 0.15) is 25.3 Å². The van der Waals surface area contributed by atoms with Gasteiger partial charge in [-0.15, -0.1) is 0 Å². The summed E-state index contributed by atoms with van der Waals surface area (Å²) in [7, 11) is -1.15. The van der Waals surface area contributed by atoms with Crippen molar-refractivity contribution in [1.82, 2.24) is 4.72 Å². The van der Waals surface area contributed by atoms with Crippen LogP contribution in [0.15, 0.2) is 41.3 Å². The molecule has 7 nitrogen and oxygen atoms in total. The van der Waals surface area contributed by atoms with Gasteiger partial charge in [-0.05, 0) is 32.4 Å². The number of sulfonamides is 1. The molecular weight excluding hydrogens is 358 g/mol. The Hall–Kier alpha value is -2.19. The lowest BCUT2D eigenvalue weighted by Gasteiger charge is -2.13. The van der Waals surface area contributed by atoms with Gasteiger partial charge in [0, 0.05) is 12.5 Å². The third-order valence-corrected chi connectivity index (χ3v) is 5.27. The number of esters is 2. The number of aryl methyl sites for hydroxylation is 1. The van der Waals surface area contributed by atoms with Gasteiger partial charge in [-0.2, -0.15) is 0 Å². The fourth-order valence-corrected chi connectivity index (χ4v) is 3.39. The minimum absolute atomic E-state index is 0.0596. The van der Waals surface area contributed by atoms with E-state index in [1.165, 1.54) is 32.4 Å². The van der Waals surface area contributed by atoms with Crippen molar-refractivity contribution in [2.24, 2.45) is 5.92 Å². The highest BCUT2D eigenvalue weighted by Crippen LogP contribution is 2.14. The van der Waals surface area contributed by atoms with Crippen molar-refractivity contribution in [3.63, 3.8) is 0 Å². The quantitative estimate of drug-likeness (QED) is 0.517. The van der Waals surface area contributed by atoms with E-state index in [1.54, 1.807) is 25.1 Å². The topological polar surface area (TPSA) is 98.8 Å². The van der Waals surface area contributed by atoms with Crippen LogP contribution in [0.25, 0.3) is 0 Å². The third kappa shape index (κ3) is 6.97. The molecule has 0 fully saturated rings. The van der Waals surface area contributed by atoms with Crippen LogP contribution >= 0.6 is 0 Å². The molecule has 2 atom stereocenters. The molecular formula is C18H25NO6S. The van der Waals surface area contributed by atoms with Crippen molar-refractivity contribution in [3.8, 4) is 0 Å². The van der Waals surface area contributed by atoms with Gasteiger partial charge in [-0.1, -0.05) is 29.8 Å². The van der Waals surface area contributed by atoms with Gasteiger partial charge in [0.1, 0.15) is 0 Å². The van der Waals surface area contributed by atoms with Crippen LogP contribution in [0.4, 0.5) is 0 Å². The number of nitrogens with one attached hydrogen (secondary N) is 1. The third-order valence-electron chi connectivity index (χ3n) is 3.70. The summed E-state index contributed by atoms with van der Waals surface area (Å²) < 4.78 is 36.5. The van der Waals surface area contributed by atoms with Gasteiger partial charge in [0.05, 0.1) is 25.0 Å². The lowest BCUT2D eigenvalue weighted by molar-refractivity contribution is -0.145. The first-order chi connectivity index (χ1) is 12.2. The van der Waals surface area contributed by atoms with Crippen LogP contribution in [-0.4, -0.2) is 40.6 Å². The monoisotopic (exact) mass is 383 g/mol. The molecule has 0 aliphatic heterocycles. The second kappa shape index (κ2) is 10.1. The maximum Gasteiger partial charge on any atom is 0.312 e. The molecule has 1 N–H and O–H groups in total. The van der Waals surface area contributed by atoms with Gasteiger partial charge in [-0.25, -0.2) is 13.1 Å². The highest BCUT2D eigenvalue weighted by Gasteiger charge is 2.19. The van der Waals surface area contributed by atoms with Crippen molar-refractivity contribution in [2.75, 3.05) is 14.2 Å². The van der Waals surface area contributed by atoms with Gasteiger partial charge in [0.25, 0.3) is 0 Å². The highest BCUT2D eigenvalue weighted by atomic mass is 32.2. The summed E-state index contributed by atoms with van der Waals surface area (Å²) in [5, 5.41) is 0. The Labute approximate surface area is 154 Å². The summed E-state index contributed by atoms with van der Waals surface area (Å²) in [4.78, 5) is 23.2. The molecule has 0 aromatic heterocycles. The molecule has 144 valence electrons. The Balaban J connectivity index is 2.77. The van der Waals surface area contributed by atoms with E-state index in [2.05, 4.69) is 9.46 Å². The molecule has 0 spiro atoms. The summed E-state index contributed by atoms with van der Waals surface area (Å²) >= 11 is 0. The zero-order valence-electron chi connectivity index (χ0n) is 15.4. The number of benzene rings is 1. The van der Waals surface area contributed by atoms with Gasteiger partial charge >= 0.3 is 11.9 Å². The summed E-state index contributed by atoms with van der Waals surface area (Å²) in [5.41, 5.74) is 0.962. The van der Waals surface area contributed by atoms with Crippen LogP contribution in [0.5, 0.6) is 0 Å². The van der Waals surface area contributed by atoms with Crippen molar-refractivity contribution >= 4 is 22.0 Å². The smallest absolute Gasteiger partial charge is 0.312 e. The molecule has 0 heterocycles. The van der Waals surface area contributed by atoms with Crippen molar-refractivity contribution in [2.45, 2.75) is 37.6 Å². The van der Waals surface area contributed by atoms with E-state index in [-0.39, 0.29) is 17.7 Å². The Bertz CT molecular complexity index is 739. The molecule has 0 unspecified atom stereocenters. The average molecular weight is 383 g/mol. The van der Waals surface area contributed by atoms with Crippen LogP contribution in [0.2, 0.25) is 0 Å². The van der Waals surface area contributed by atoms with E-state index in [9.17, 15) is 18.0 Å². The molecule has 1 aromatic rings. The first-order valence-corrected chi connectivity index (χ1v) is 9.60. The molecule has 0 bridgehead atoms. The Morgan fingerprint density at radius 2 is 1.73 bits per heavy atom. The first-order valence-electron chi connectivity index (χ1n) is 8.11. The lowest BCUT2D eigenvalue weighted by Crippen LogP contribution is -2.31. The van der Waals surface area contributed by atoms with E-state index in [1.807, 2.05) is 6.92 Å². The lowest BCUT2D eigenvalue weighted by atomic mass is 10.0. The number of hydrogen-bond acceptors (Lipinski definition) is 6. The number of rotatable bonds is 9. The van der Waals surface area contributed by atoms with E-state index in [0.717, 1.165) is 5.56 Å². The van der Waals surface area contributed by atoms with E-state index >= 15 is 0 Å². The Kier molecular flexibility index (Phi) is 8.47. The molecule has 0 radical (unpaired) electrons. The highest BCUT2D eigenvalue weighted by molar-refractivity contribution is 7.89. The fourth-order valence-electron chi connectivity index (χ4n) is 2.19. The Morgan fingerprint density at radius 1 is 1.12 bits per heavy atom. The van der Waals surface area contributed by atoms with Gasteiger partial charge in [0.15, 0.2) is 0 Å². The van der Waals surface area contributed by atoms with E-state index < -0.39 is 33.9 Å². The number of hydrogen-bond donors (Lipinski definition) is 1. The van der Waals surface area contributed by atoms with Crippen LogP contribution in [-0.2, 0) is 29.1 Å². The largest absolute Gasteiger partial charge is 0.469 e. The number of carbonyl (C=O) groups excluding carboxylic acids is 2. The predicted molar refractivity (Wildman–Crippen MR) is 96.9 cm³/mol. The predicted octanol–water partition coefficient (Wildman–Crippen LogP) is 1.96. The summed E-state index contributed by atoms with van der Waals surface area (Å²) in [6.07, 6.45) is 3.37. The molecule has 0 saturated heterocycles. The second-order valence-electron chi connectivity index (χ2n) is 5.85. The fraction of sp³-hybridized carbons (Fsp3) is 0.444. The molecule has 8 heteroatoms. The molecule has 0 saturated carbocycles. The normalized spacial score (nSPS) is 14.0. The zero-order valence-corrected chi connectivity index (χ0v) is 16.2. The minimum Gasteiger partial charge on any atom is -0.469 e. The molecule has 0 aliphatic rings. The summed E-state index contributed by atoms with van der Waals surface area (Å²) in [6.45, 7) is 3.52. The van der Waals surface area contributed by atoms with E-state index in [0.29, 0.717) is 0 Å². The SMILES string of the molecule is COC(=O)CC[C@@H](/C=C/[C@H](C)NS(=O)(=O)c1ccc(C)cc1)C(=O)OC. The average Bonchev–Trinajstić information content (AvgIpc) is 2.60. The summed E-state index contributed by atoms with van der Waals surface area (Å²) in [5.74, 6) is -1.59. The molecule has 1 rings (SSSR count). The van der Waals surface area contributed by atoms with Crippen LogP contribution in [0.3, 0.4) is 0 Å². The number of ether oxygens (including phenoxy) is 2. The van der Waals surface area contributed by atoms with Gasteiger partial charge in [-0.3, -0.25) is 9.59 Å². The molecule has 0 aliphatic carbocycles. The van der Waals surface area contributed by atoms with Gasteiger partial charge in [0.2, 0.25) is 10.0 Å². The van der Waals surface area contributed by atoms with Crippen LogP contribution in [0, 0.1) is 12.8 Å². The standard InChI is InChI=1S/C18H25NO6S/c1-13-5-10-16(11-6-13)26(22,23)19-14(2)7-8-15(18(21)25-4)9-12-17(20)24-3/h5-8,10-11,14-15,19H,9,12H2,1-4H3/b8-7+/t14-,15+/m0/s1. The minimum atomic E-state index is -3.67. The van der Waals surface area contributed by atoms with Crippen molar-refractivity contribution < 1.29 is 27.5 Å². The zero-order chi connectivity index (χ0) is 19.7. The molecule has 0 amide bonds. The number of methoxy groups -OCH3 is 2. The molecule has 1 aromatic carbocycles. The van der Waals surface area contributed by atoms with Crippen molar-refractivity contribution in [1.29, 1.82) is 0 Å². The maximum atomic E-state index is 12.3. The first kappa shape index (κ1) is 21.9. The van der Waals surface area contributed by atoms with E-state index in [4.69, 9.17) is 4.74 Å². The Morgan fingerprint density at radius 3 is 2.27 bits per heavy atom. The van der Waals surface area contributed by atoms with Gasteiger partial charge < -0.3 is 9.47 Å². The molecule has 26 heavy (non-hydrogen) atoms. The second-order valence-corrected chi connectivity index (χ2v) is 7.57. The maximum absolute atomic E-state index is 12.3. The van der Waals surface area contributed by atoms with Crippen molar-refractivity contribution in [3.05, 3.63) is 42.0 Å².